The van der Waals surface area contributed by atoms with Crippen LogP contribution >= 0.6 is 22.9 Å². The van der Waals surface area contributed by atoms with Gasteiger partial charge in [-0.3, -0.25) is 4.79 Å². The van der Waals surface area contributed by atoms with E-state index in [4.69, 9.17) is 16.3 Å². The highest BCUT2D eigenvalue weighted by Gasteiger charge is 2.01. The fourth-order valence-corrected chi connectivity index (χ4v) is 2.04. The maximum Gasteiger partial charge on any atom is 0.277 e. The van der Waals surface area contributed by atoms with E-state index in [9.17, 15) is 4.79 Å². The molecule has 98 valence electrons. The minimum Gasteiger partial charge on any atom is -0.484 e. The van der Waals surface area contributed by atoms with E-state index >= 15 is 0 Å². The number of hydrogen-bond donors (Lipinski definition) is 1. The zero-order chi connectivity index (χ0) is 13.5. The second-order valence-electron chi connectivity index (χ2n) is 3.55. The van der Waals surface area contributed by atoms with Crippen molar-refractivity contribution in [3.63, 3.8) is 0 Å². The topological polar surface area (TPSA) is 50.7 Å². The van der Waals surface area contributed by atoms with Crippen molar-refractivity contribution in [3.8, 4) is 5.75 Å². The standard InChI is InChI=1S/C13H11ClN2O2S/c14-10-3-1-4-11(7-10)18-9-13(17)16-15-8-12-5-2-6-19-12/h1-8H,9H2,(H,16,17)/b15-8-. The molecule has 0 bridgehead atoms. The third-order valence-corrected chi connectivity index (χ3v) is 3.13. The van der Waals surface area contributed by atoms with Gasteiger partial charge >= 0.3 is 0 Å². The van der Waals surface area contributed by atoms with E-state index in [1.807, 2.05) is 17.5 Å². The van der Waals surface area contributed by atoms with Gasteiger partial charge in [-0.2, -0.15) is 5.10 Å². The second kappa shape index (κ2) is 6.92. The Hall–Kier alpha value is -1.85. The van der Waals surface area contributed by atoms with Gasteiger partial charge < -0.3 is 4.74 Å². The normalized spacial score (nSPS) is 10.6. The quantitative estimate of drug-likeness (QED) is 0.681. The molecule has 6 heteroatoms. The average molecular weight is 295 g/mol. The van der Waals surface area contributed by atoms with Crippen LogP contribution in [0.2, 0.25) is 5.02 Å². The van der Waals surface area contributed by atoms with Crippen LogP contribution in [0.3, 0.4) is 0 Å². The van der Waals surface area contributed by atoms with Crippen LogP contribution in [0.15, 0.2) is 46.9 Å². The molecule has 0 spiro atoms. The fraction of sp³-hybridized carbons (Fsp3) is 0.0769. The molecular weight excluding hydrogens is 284 g/mol. The number of carbonyl (C=O) groups is 1. The summed E-state index contributed by atoms with van der Waals surface area (Å²) in [5.41, 5.74) is 2.38. The highest BCUT2D eigenvalue weighted by molar-refractivity contribution is 7.11. The van der Waals surface area contributed by atoms with Gasteiger partial charge in [-0.1, -0.05) is 23.7 Å². The lowest BCUT2D eigenvalue weighted by Gasteiger charge is -2.04. The van der Waals surface area contributed by atoms with E-state index < -0.39 is 0 Å². The van der Waals surface area contributed by atoms with E-state index in [-0.39, 0.29) is 12.5 Å². The smallest absolute Gasteiger partial charge is 0.277 e. The maximum atomic E-state index is 11.5. The number of hydrazone groups is 1. The molecule has 19 heavy (non-hydrogen) atoms. The molecule has 1 N–H and O–H groups in total. The number of benzene rings is 1. The van der Waals surface area contributed by atoms with Crippen molar-refractivity contribution < 1.29 is 9.53 Å². The van der Waals surface area contributed by atoms with Crippen LogP contribution in [0.1, 0.15) is 4.88 Å². The molecule has 1 aromatic carbocycles. The van der Waals surface area contributed by atoms with Crippen molar-refractivity contribution >= 4 is 35.1 Å². The SMILES string of the molecule is O=C(COc1cccc(Cl)c1)N/N=C\c1cccs1. The molecule has 0 saturated heterocycles. The number of halogens is 1. The second-order valence-corrected chi connectivity index (χ2v) is 4.97. The molecule has 0 saturated carbocycles. The lowest BCUT2D eigenvalue weighted by molar-refractivity contribution is -0.123. The Morgan fingerprint density at radius 1 is 1.42 bits per heavy atom. The Labute approximate surface area is 119 Å². The monoisotopic (exact) mass is 294 g/mol. The Morgan fingerprint density at radius 2 is 2.32 bits per heavy atom. The zero-order valence-corrected chi connectivity index (χ0v) is 11.4. The number of nitrogens with zero attached hydrogens (tertiary/aromatic N) is 1. The minimum absolute atomic E-state index is 0.109. The third kappa shape index (κ3) is 4.73. The zero-order valence-electron chi connectivity index (χ0n) is 9.88. The van der Waals surface area contributed by atoms with Crippen molar-refractivity contribution in [1.82, 2.24) is 5.43 Å². The minimum atomic E-state index is -0.326. The van der Waals surface area contributed by atoms with Crippen LogP contribution in [-0.4, -0.2) is 18.7 Å². The van der Waals surface area contributed by atoms with Crippen LogP contribution in [0.25, 0.3) is 0 Å². The molecule has 0 fully saturated rings. The van der Waals surface area contributed by atoms with E-state index in [1.54, 1.807) is 30.5 Å². The van der Waals surface area contributed by atoms with Crippen LogP contribution in [0, 0.1) is 0 Å². The Morgan fingerprint density at radius 3 is 3.05 bits per heavy atom. The van der Waals surface area contributed by atoms with Crippen molar-refractivity contribution in [3.05, 3.63) is 51.7 Å². The summed E-state index contributed by atoms with van der Waals surface area (Å²) in [5.74, 6) is 0.220. The van der Waals surface area contributed by atoms with Crippen LogP contribution in [-0.2, 0) is 4.79 Å². The first-order chi connectivity index (χ1) is 9.24. The summed E-state index contributed by atoms with van der Waals surface area (Å²) in [4.78, 5) is 12.4. The molecule has 0 aliphatic carbocycles. The molecule has 0 atom stereocenters. The van der Waals surface area contributed by atoms with Crippen molar-refractivity contribution in [2.75, 3.05) is 6.61 Å². The number of nitrogens with one attached hydrogen (secondary N) is 1. The number of ether oxygens (including phenoxy) is 1. The first-order valence-corrected chi connectivity index (χ1v) is 6.73. The van der Waals surface area contributed by atoms with Crippen LogP contribution < -0.4 is 10.2 Å². The van der Waals surface area contributed by atoms with Gasteiger partial charge in [-0.05, 0) is 29.6 Å². The molecule has 0 radical (unpaired) electrons. The number of rotatable bonds is 5. The van der Waals surface area contributed by atoms with Gasteiger partial charge in [0.1, 0.15) is 5.75 Å². The van der Waals surface area contributed by atoms with Gasteiger partial charge in [0.2, 0.25) is 0 Å². The highest BCUT2D eigenvalue weighted by Crippen LogP contribution is 2.16. The van der Waals surface area contributed by atoms with E-state index in [0.29, 0.717) is 10.8 Å². The first kappa shape index (κ1) is 13.6. The number of carbonyl (C=O) groups excluding carboxylic acids is 1. The number of thiophene rings is 1. The van der Waals surface area contributed by atoms with Crippen molar-refractivity contribution in [2.45, 2.75) is 0 Å². The molecule has 2 aromatic rings. The van der Waals surface area contributed by atoms with E-state index in [0.717, 1.165) is 4.88 Å². The predicted octanol–water partition coefficient (Wildman–Crippen LogP) is 2.93. The molecule has 0 unspecified atom stereocenters. The van der Waals surface area contributed by atoms with Gasteiger partial charge in [-0.15, -0.1) is 11.3 Å². The van der Waals surface area contributed by atoms with Gasteiger partial charge in [-0.25, -0.2) is 5.43 Å². The average Bonchev–Trinajstić information content (AvgIpc) is 2.90. The van der Waals surface area contributed by atoms with Crippen LogP contribution in [0.5, 0.6) is 5.75 Å². The Bertz CT molecular complexity index is 570. The van der Waals surface area contributed by atoms with E-state index in [2.05, 4.69) is 10.5 Å². The predicted molar refractivity (Wildman–Crippen MR) is 77.0 cm³/mol. The molecule has 1 aromatic heterocycles. The largest absolute Gasteiger partial charge is 0.484 e. The summed E-state index contributed by atoms with van der Waals surface area (Å²) in [6, 6.07) is 10.7. The summed E-state index contributed by atoms with van der Waals surface area (Å²) in [6.45, 7) is -0.109. The molecule has 1 amide bonds. The lowest BCUT2D eigenvalue weighted by Crippen LogP contribution is -2.24. The first-order valence-electron chi connectivity index (χ1n) is 5.48. The van der Waals surface area contributed by atoms with Crippen LogP contribution in [0.4, 0.5) is 0 Å². The van der Waals surface area contributed by atoms with Gasteiger partial charge in [0.15, 0.2) is 6.61 Å². The molecule has 2 rings (SSSR count). The Balaban J connectivity index is 1.76. The molecule has 4 nitrogen and oxygen atoms in total. The highest BCUT2D eigenvalue weighted by atomic mass is 35.5. The van der Waals surface area contributed by atoms with Gasteiger partial charge in [0, 0.05) is 9.90 Å². The molecular formula is C13H11ClN2O2S. The summed E-state index contributed by atoms with van der Waals surface area (Å²) in [6.07, 6.45) is 1.59. The molecule has 1 heterocycles. The lowest BCUT2D eigenvalue weighted by atomic mass is 10.3. The number of hydrogen-bond acceptors (Lipinski definition) is 4. The Kier molecular flexibility index (Phi) is 4.94. The van der Waals surface area contributed by atoms with Crippen molar-refractivity contribution in [1.29, 1.82) is 0 Å². The summed E-state index contributed by atoms with van der Waals surface area (Å²) < 4.78 is 5.27. The maximum absolute atomic E-state index is 11.5. The summed E-state index contributed by atoms with van der Waals surface area (Å²) in [5, 5.41) is 6.32. The van der Waals surface area contributed by atoms with Crippen molar-refractivity contribution in [2.24, 2.45) is 5.10 Å². The summed E-state index contributed by atoms with van der Waals surface area (Å²) in [7, 11) is 0. The molecule has 0 aliphatic rings. The van der Waals surface area contributed by atoms with Gasteiger partial charge in [0.05, 0.1) is 6.21 Å². The summed E-state index contributed by atoms with van der Waals surface area (Å²) >= 11 is 7.34. The number of amides is 1. The fourth-order valence-electron chi connectivity index (χ4n) is 1.27. The van der Waals surface area contributed by atoms with E-state index in [1.165, 1.54) is 11.3 Å². The van der Waals surface area contributed by atoms with Gasteiger partial charge in [0.25, 0.3) is 5.91 Å². The molecule has 0 aliphatic heterocycles. The third-order valence-electron chi connectivity index (χ3n) is 2.09.